The van der Waals surface area contributed by atoms with Crippen molar-refractivity contribution >= 4 is 12.6 Å². The Labute approximate surface area is 84.2 Å². The zero-order valence-electron chi connectivity index (χ0n) is 7.75. The number of hydrogen-bond donors (Lipinski definition) is 2. The van der Waals surface area contributed by atoms with Gasteiger partial charge in [-0.2, -0.15) is 0 Å². The molecule has 1 aromatic carbocycles. The molecule has 13 heavy (non-hydrogen) atoms. The predicted octanol–water partition coefficient (Wildman–Crippen LogP) is 2.52. The van der Waals surface area contributed by atoms with Gasteiger partial charge in [0.25, 0.3) is 0 Å². The summed E-state index contributed by atoms with van der Waals surface area (Å²) in [6.07, 6.45) is 3.02. The molecule has 2 heteroatoms. The minimum atomic E-state index is -0.647. The molecule has 1 N–H and O–H groups in total. The lowest BCUT2D eigenvalue weighted by molar-refractivity contribution is 0.0385. The van der Waals surface area contributed by atoms with Crippen molar-refractivity contribution in [3.63, 3.8) is 0 Å². The SMILES string of the molecule is CC1(O)CCCc2ccc(S)cc21. The molecule has 0 fully saturated rings. The predicted molar refractivity (Wildman–Crippen MR) is 56.2 cm³/mol. The maximum Gasteiger partial charge on any atom is 0.0871 e. The highest BCUT2D eigenvalue weighted by atomic mass is 32.1. The van der Waals surface area contributed by atoms with Crippen molar-refractivity contribution in [1.82, 2.24) is 0 Å². The van der Waals surface area contributed by atoms with Crippen molar-refractivity contribution < 1.29 is 5.11 Å². The Morgan fingerprint density at radius 3 is 3.00 bits per heavy atom. The van der Waals surface area contributed by atoms with E-state index in [1.54, 1.807) is 0 Å². The van der Waals surface area contributed by atoms with Crippen LogP contribution in [0.4, 0.5) is 0 Å². The van der Waals surface area contributed by atoms with Gasteiger partial charge in [-0.1, -0.05) is 6.07 Å². The van der Waals surface area contributed by atoms with Crippen LogP contribution in [-0.4, -0.2) is 5.11 Å². The van der Waals surface area contributed by atoms with Gasteiger partial charge in [0, 0.05) is 4.90 Å². The lowest BCUT2D eigenvalue weighted by Crippen LogP contribution is -2.26. The molecule has 0 heterocycles. The van der Waals surface area contributed by atoms with Crippen LogP contribution in [0.25, 0.3) is 0 Å². The van der Waals surface area contributed by atoms with Crippen LogP contribution in [-0.2, 0) is 12.0 Å². The molecule has 0 bridgehead atoms. The van der Waals surface area contributed by atoms with Crippen molar-refractivity contribution in [1.29, 1.82) is 0 Å². The Balaban J connectivity index is 2.55. The molecular weight excluding hydrogens is 180 g/mol. The fourth-order valence-electron chi connectivity index (χ4n) is 2.04. The molecular formula is C11H14OS. The number of rotatable bonds is 0. The summed E-state index contributed by atoms with van der Waals surface area (Å²) in [5.74, 6) is 0. The van der Waals surface area contributed by atoms with Gasteiger partial charge >= 0.3 is 0 Å². The third kappa shape index (κ3) is 1.61. The Hall–Kier alpha value is -0.470. The number of benzene rings is 1. The summed E-state index contributed by atoms with van der Waals surface area (Å²) in [6, 6.07) is 6.05. The van der Waals surface area contributed by atoms with Gasteiger partial charge in [-0.05, 0) is 49.4 Å². The summed E-state index contributed by atoms with van der Waals surface area (Å²) in [4.78, 5) is 0.931. The number of hydrogen-bond acceptors (Lipinski definition) is 2. The monoisotopic (exact) mass is 194 g/mol. The second kappa shape index (κ2) is 3.03. The third-order valence-electron chi connectivity index (χ3n) is 2.78. The standard InChI is InChI=1S/C11H14OS/c1-11(12)6-2-3-8-4-5-9(13)7-10(8)11/h4-5,7,12-13H,2-3,6H2,1H3. The Morgan fingerprint density at radius 2 is 2.23 bits per heavy atom. The molecule has 0 saturated carbocycles. The lowest BCUT2D eigenvalue weighted by Gasteiger charge is -2.31. The summed E-state index contributed by atoms with van der Waals surface area (Å²) >= 11 is 4.29. The summed E-state index contributed by atoms with van der Waals surface area (Å²) in [7, 11) is 0. The van der Waals surface area contributed by atoms with Gasteiger partial charge in [0.2, 0.25) is 0 Å². The maximum absolute atomic E-state index is 10.1. The first-order chi connectivity index (χ1) is 6.09. The van der Waals surface area contributed by atoms with Gasteiger partial charge in [-0.25, -0.2) is 0 Å². The third-order valence-corrected chi connectivity index (χ3v) is 3.06. The molecule has 70 valence electrons. The molecule has 0 aliphatic heterocycles. The normalized spacial score (nSPS) is 27.0. The molecule has 0 radical (unpaired) electrons. The summed E-state index contributed by atoms with van der Waals surface area (Å²) in [5, 5.41) is 10.1. The van der Waals surface area contributed by atoms with Crippen LogP contribution in [0.1, 0.15) is 30.9 Å². The fourth-order valence-corrected chi connectivity index (χ4v) is 2.25. The molecule has 1 nitrogen and oxygen atoms in total. The van der Waals surface area contributed by atoms with E-state index >= 15 is 0 Å². The van der Waals surface area contributed by atoms with Gasteiger partial charge in [0.05, 0.1) is 5.60 Å². The van der Waals surface area contributed by atoms with E-state index in [-0.39, 0.29) is 0 Å². The van der Waals surface area contributed by atoms with Crippen molar-refractivity contribution in [2.24, 2.45) is 0 Å². The molecule has 0 spiro atoms. The maximum atomic E-state index is 10.1. The highest BCUT2D eigenvalue weighted by molar-refractivity contribution is 7.80. The molecule has 1 aliphatic rings. The van der Waals surface area contributed by atoms with Gasteiger partial charge < -0.3 is 5.11 Å². The topological polar surface area (TPSA) is 20.2 Å². The van der Waals surface area contributed by atoms with Crippen LogP contribution >= 0.6 is 12.6 Å². The first kappa shape index (κ1) is 9.10. The minimum absolute atomic E-state index is 0.647. The quantitative estimate of drug-likeness (QED) is 0.608. The minimum Gasteiger partial charge on any atom is -0.385 e. The van der Waals surface area contributed by atoms with E-state index < -0.39 is 5.60 Å². The van der Waals surface area contributed by atoms with Crippen LogP contribution in [0.15, 0.2) is 23.1 Å². The Morgan fingerprint density at radius 1 is 1.46 bits per heavy atom. The first-order valence-electron chi connectivity index (χ1n) is 4.64. The van der Waals surface area contributed by atoms with E-state index in [2.05, 4.69) is 18.7 Å². The van der Waals surface area contributed by atoms with E-state index in [0.29, 0.717) is 0 Å². The van der Waals surface area contributed by atoms with E-state index in [0.717, 1.165) is 29.7 Å². The molecule has 2 rings (SSSR count). The largest absolute Gasteiger partial charge is 0.385 e. The van der Waals surface area contributed by atoms with Gasteiger partial charge in [0.15, 0.2) is 0 Å². The highest BCUT2D eigenvalue weighted by Gasteiger charge is 2.29. The van der Waals surface area contributed by atoms with Gasteiger partial charge in [0.1, 0.15) is 0 Å². The molecule has 1 aromatic rings. The van der Waals surface area contributed by atoms with Crippen LogP contribution in [0, 0.1) is 0 Å². The van der Waals surface area contributed by atoms with E-state index in [1.807, 2.05) is 19.1 Å². The Kier molecular flexibility index (Phi) is 2.12. The number of aliphatic hydroxyl groups is 1. The molecule has 1 atom stereocenters. The zero-order chi connectivity index (χ0) is 9.47. The van der Waals surface area contributed by atoms with Gasteiger partial charge in [-0.15, -0.1) is 12.6 Å². The molecule has 1 unspecified atom stereocenters. The second-order valence-corrected chi connectivity index (χ2v) is 4.49. The van der Waals surface area contributed by atoms with Crippen LogP contribution in [0.2, 0.25) is 0 Å². The van der Waals surface area contributed by atoms with E-state index in [1.165, 1.54) is 5.56 Å². The van der Waals surface area contributed by atoms with E-state index in [9.17, 15) is 5.11 Å². The van der Waals surface area contributed by atoms with Crippen molar-refractivity contribution in [2.45, 2.75) is 36.7 Å². The number of thiol groups is 1. The summed E-state index contributed by atoms with van der Waals surface area (Å²) in [6.45, 7) is 1.89. The molecule has 0 saturated heterocycles. The zero-order valence-corrected chi connectivity index (χ0v) is 8.64. The summed E-state index contributed by atoms with van der Waals surface area (Å²) < 4.78 is 0. The fraction of sp³-hybridized carbons (Fsp3) is 0.455. The molecule has 0 aromatic heterocycles. The average molecular weight is 194 g/mol. The lowest BCUT2D eigenvalue weighted by atomic mass is 9.80. The number of aryl methyl sites for hydroxylation is 1. The van der Waals surface area contributed by atoms with Crippen LogP contribution in [0.5, 0.6) is 0 Å². The average Bonchev–Trinajstić information content (AvgIpc) is 2.06. The van der Waals surface area contributed by atoms with Crippen LogP contribution in [0.3, 0.4) is 0 Å². The number of fused-ring (bicyclic) bond motifs is 1. The highest BCUT2D eigenvalue weighted by Crippen LogP contribution is 2.35. The van der Waals surface area contributed by atoms with Crippen LogP contribution < -0.4 is 0 Å². The first-order valence-corrected chi connectivity index (χ1v) is 5.09. The van der Waals surface area contributed by atoms with Crippen molar-refractivity contribution in [3.8, 4) is 0 Å². The summed E-state index contributed by atoms with van der Waals surface area (Å²) in [5.41, 5.74) is 1.69. The Bertz CT molecular complexity index is 331. The van der Waals surface area contributed by atoms with Crippen molar-refractivity contribution in [3.05, 3.63) is 29.3 Å². The second-order valence-electron chi connectivity index (χ2n) is 3.97. The molecule has 0 amide bonds. The van der Waals surface area contributed by atoms with E-state index in [4.69, 9.17) is 0 Å². The van der Waals surface area contributed by atoms with Crippen molar-refractivity contribution in [2.75, 3.05) is 0 Å². The smallest absolute Gasteiger partial charge is 0.0871 e. The van der Waals surface area contributed by atoms with Gasteiger partial charge in [-0.3, -0.25) is 0 Å². The molecule has 1 aliphatic carbocycles.